The number of fused-ring (bicyclic) bond motifs is 3. The molecule has 2 aromatic carbocycles. The van der Waals surface area contributed by atoms with E-state index in [1.807, 2.05) is 54.6 Å². The molecule has 2 N–H and O–H groups in total. The fourth-order valence-corrected chi connectivity index (χ4v) is 4.89. The van der Waals surface area contributed by atoms with Gasteiger partial charge in [0.25, 0.3) is 0 Å². The Kier molecular flexibility index (Phi) is 5.45. The molecule has 1 atom stereocenters. The predicted molar refractivity (Wildman–Crippen MR) is 129 cm³/mol. The Morgan fingerprint density at radius 3 is 2.45 bits per heavy atom. The summed E-state index contributed by atoms with van der Waals surface area (Å²) in [7, 11) is 0. The summed E-state index contributed by atoms with van der Waals surface area (Å²) in [6.45, 7) is 4.96. The van der Waals surface area contributed by atoms with Crippen molar-refractivity contribution in [3.8, 4) is 6.07 Å². The van der Waals surface area contributed by atoms with E-state index in [1.165, 1.54) is 0 Å². The number of primary amides is 1. The van der Waals surface area contributed by atoms with E-state index in [2.05, 4.69) is 33.3 Å². The van der Waals surface area contributed by atoms with E-state index in [0.29, 0.717) is 24.3 Å². The lowest BCUT2D eigenvalue weighted by Gasteiger charge is -2.39. The van der Waals surface area contributed by atoms with Crippen molar-refractivity contribution in [3.05, 3.63) is 77.4 Å². The summed E-state index contributed by atoms with van der Waals surface area (Å²) in [6, 6.07) is 21.8. The summed E-state index contributed by atoms with van der Waals surface area (Å²) in [5, 5.41) is 9.86. The fourth-order valence-electron chi connectivity index (χ4n) is 4.89. The number of carbonyl (C=O) groups is 1. The summed E-state index contributed by atoms with van der Waals surface area (Å²) in [6.07, 6.45) is 0.757. The molecule has 0 aliphatic carbocycles. The molecule has 1 aliphatic heterocycles. The van der Waals surface area contributed by atoms with Gasteiger partial charge in [0.15, 0.2) is 5.65 Å². The average molecular weight is 439 g/mol. The zero-order valence-electron chi connectivity index (χ0n) is 18.6. The maximum atomic E-state index is 12.3. The van der Waals surface area contributed by atoms with Crippen LogP contribution < -0.4 is 10.6 Å². The largest absolute Gasteiger partial charge is 0.368 e. The number of amides is 1. The van der Waals surface area contributed by atoms with Crippen LogP contribution in [0, 0.1) is 11.3 Å². The van der Waals surface area contributed by atoms with Crippen molar-refractivity contribution >= 4 is 28.4 Å². The highest BCUT2D eigenvalue weighted by atomic mass is 16.1. The number of hydrogen-bond donors (Lipinski definition) is 1. The van der Waals surface area contributed by atoms with Gasteiger partial charge in [-0.05, 0) is 35.7 Å². The number of rotatable bonds is 5. The van der Waals surface area contributed by atoms with Gasteiger partial charge in [0.1, 0.15) is 17.9 Å². The number of para-hydroxylation sites is 2. The molecule has 166 valence electrons. The van der Waals surface area contributed by atoms with Crippen LogP contribution in [0.15, 0.2) is 60.7 Å². The molecule has 0 saturated carbocycles. The number of piperazine rings is 1. The van der Waals surface area contributed by atoms with Crippen LogP contribution in [0.1, 0.15) is 29.7 Å². The van der Waals surface area contributed by atoms with Crippen LogP contribution in [0.2, 0.25) is 0 Å². The molecule has 4 aromatic rings. The topological polar surface area (TPSA) is 90.7 Å². The highest BCUT2D eigenvalue weighted by molar-refractivity contribution is 5.85. The summed E-state index contributed by atoms with van der Waals surface area (Å²) < 4.78 is 2.10. The Bertz CT molecular complexity index is 1360. The average Bonchev–Trinajstić information content (AvgIpc) is 3.23. The minimum Gasteiger partial charge on any atom is -0.368 e. The van der Waals surface area contributed by atoms with Crippen molar-refractivity contribution in [2.75, 3.05) is 31.1 Å². The first-order valence-electron chi connectivity index (χ1n) is 11.3. The summed E-state index contributed by atoms with van der Waals surface area (Å²) in [4.78, 5) is 21.6. The molecule has 1 saturated heterocycles. The third kappa shape index (κ3) is 3.59. The highest BCUT2D eigenvalue weighted by Gasteiger charge is 2.30. The quantitative estimate of drug-likeness (QED) is 0.516. The normalized spacial score (nSPS) is 15.6. The molecule has 7 heteroatoms. The SMILES string of the molecule is CCc1cc(N2CCN(C(C(N)=O)c3ccccc3)CC2)n2c(nc3ccccc32)c1C#N. The summed E-state index contributed by atoms with van der Waals surface area (Å²) >= 11 is 0. The van der Waals surface area contributed by atoms with E-state index in [4.69, 9.17) is 10.7 Å². The number of aryl methyl sites for hydroxylation is 1. The van der Waals surface area contributed by atoms with Crippen LogP contribution in [-0.4, -0.2) is 46.4 Å². The van der Waals surface area contributed by atoms with Crippen molar-refractivity contribution in [2.24, 2.45) is 5.73 Å². The predicted octanol–water partition coefficient (Wildman–Crippen LogP) is 3.27. The molecular weight excluding hydrogens is 412 g/mol. The number of aromatic nitrogens is 2. The molecule has 33 heavy (non-hydrogen) atoms. The molecule has 1 fully saturated rings. The van der Waals surface area contributed by atoms with Crippen molar-refractivity contribution in [3.63, 3.8) is 0 Å². The lowest BCUT2D eigenvalue weighted by atomic mass is 10.0. The first-order valence-corrected chi connectivity index (χ1v) is 11.3. The molecule has 2 aromatic heterocycles. The van der Waals surface area contributed by atoms with Crippen LogP contribution >= 0.6 is 0 Å². The maximum Gasteiger partial charge on any atom is 0.239 e. The molecule has 7 nitrogen and oxygen atoms in total. The van der Waals surface area contributed by atoms with Gasteiger partial charge in [-0.2, -0.15) is 5.26 Å². The van der Waals surface area contributed by atoms with E-state index in [0.717, 1.165) is 47.5 Å². The van der Waals surface area contributed by atoms with E-state index in [-0.39, 0.29) is 5.91 Å². The third-order valence-electron chi connectivity index (χ3n) is 6.52. The van der Waals surface area contributed by atoms with E-state index in [1.54, 1.807) is 0 Å². The molecule has 3 heterocycles. The zero-order valence-corrected chi connectivity index (χ0v) is 18.6. The Morgan fingerprint density at radius 1 is 1.09 bits per heavy atom. The summed E-state index contributed by atoms with van der Waals surface area (Å²) in [5.74, 6) is 0.703. The van der Waals surface area contributed by atoms with Gasteiger partial charge in [-0.3, -0.25) is 14.1 Å². The number of hydrogen-bond acceptors (Lipinski definition) is 5. The van der Waals surface area contributed by atoms with Crippen molar-refractivity contribution < 1.29 is 4.79 Å². The van der Waals surface area contributed by atoms with Gasteiger partial charge >= 0.3 is 0 Å². The first-order chi connectivity index (χ1) is 16.1. The Labute approximate surface area is 192 Å². The minimum atomic E-state index is -0.436. The van der Waals surface area contributed by atoms with Gasteiger partial charge in [0.2, 0.25) is 5.91 Å². The number of anilines is 1. The van der Waals surface area contributed by atoms with Gasteiger partial charge in [0, 0.05) is 26.2 Å². The molecule has 5 rings (SSSR count). The number of pyridine rings is 1. The first kappa shape index (κ1) is 21.0. The molecule has 0 radical (unpaired) electrons. The molecular formula is C26H26N6O. The second-order valence-corrected chi connectivity index (χ2v) is 8.37. The van der Waals surface area contributed by atoms with E-state index < -0.39 is 6.04 Å². The number of nitrogens with zero attached hydrogens (tertiary/aromatic N) is 5. The van der Waals surface area contributed by atoms with Crippen molar-refractivity contribution in [1.29, 1.82) is 5.26 Å². The van der Waals surface area contributed by atoms with E-state index >= 15 is 0 Å². The van der Waals surface area contributed by atoms with Crippen LogP contribution in [0.3, 0.4) is 0 Å². The van der Waals surface area contributed by atoms with E-state index in [9.17, 15) is 10.1 Å². The summed E-state index contributed by atoms with van der Waals surface area (Å²) in [5.41, 5.74) is 10.9. The third-order valence-corrected chi connectivity index (χ3v) is 6.52. The van der Waals surface area contributed by atoms with Crippen molar-refractivity contribution in [2.45, 2.75) is 19.4 Å². The van der Waals surface area contributed by atoms with Crippen LogP contribution in [0.25, 0.3) is 16.7 Å². The molecule has 0 spiro atoms. The zero-order chi connectivity index (χ0) is 22.9. The molecule has 1 aliphatic rings. The Morgan fingerprint density at radius 2 is 1.79 bits per heavy atom. The van der Waals surface area contributed by atoms with Crippen LogP contribution in [0.4, 0.5) is 5.82 Å². The molecule has 1 unspecified atom stereocenters. The second kappa shape index (κ2) is 8.57. The number of nitriles is 1. The van der Waals surface area contributed by atoms with Crippen molar-refractivity contribution in [1.82, 2.24) is 14.3 Å². The van der Waals surface area contributed by atoms with Gasteiger partial charge in [-0.15, -0.1) is 0 Å². The second-order valence-electron chi connectivity index (χ2n) is 8.37. The lowest BCUT2D eigenvalue weighted by molar-refractivity contribution is -0.123. The maximum absolute atomic E-state index is 12.3. The Hall–Kier alpha value is -3.89. The smallest absolute Gasteiger partial charge is 0.239 e. The minimum absolute atomic E-state index is 0.329. The molecule has 0 bridgehead atoms. The Balaban J connectivity index is 1.52. The lowest BCUT2D eigenvalue weighted by Crippen LogP contribution is -2.50. The van der Waals surface area contributed by atoms with Gasteiger partial charge in [-0.25, -0.2) is 4.98 Å². The number of carbonyl (C=O) groups excluding carboxylic acids is 1. The molecule has 1 amide bonds. The highest BCUT2D eigenvalue weighted by Crippen LogP contribution is 2.31. The standard InChI is InChI=1S/C26H26N6O/c1-2-18-16-23(32-22-11-7-6-10-21(22)29-26(32)20(18)17-27)30-12-14-31(15-13-30)24(25(28)33)19-8-4-3-5-9-19/h3-11,16,24H,2,12-15H2,1H3,(H2,28,33). The van der Waals surface area contributed by atoms with Gasteiger partial charge < -0.3 is 10.6 Å². The monoisotopic (exact) mass is 438 g/mol. The van der Waals surface area contributed by atoms with Gasteiger partial charge in [0.05, 0.1) is 16.6 Å². The number of benzene rings is 2. The van der Waals surface area contributed by atoms with Crippen LogP contribution in [-0.2, 0) is 11.2 Å². The number of imidazole rings is 1. The fraction of sp³-hybridized carbons (Fsp3) is 0.269. The van der Waals surface area contributed by atoms with Gasteiger partial charge in [-0.1, -0.05) is 49.4 Å². The number of nitrogens with two attached hydrogens (primary N) is 1. The van der Waals surface area contributed by atoms with Crippen LogP contribution in [0.5, 0.6) is 0 Å².